The lowest BCUT2D eigenvalue weighted by molar-refractivity contribution is -0.146. The van der Waals surface area contributed by atoms with E-state index in [1.165, 1.54) is 12.7 Å². The van der Waals surface area contributed by atoms with Crippen LogP contribution in [0.1, 0.15) is 31.7 Å². The number of esters is 1. The van der Waals surface area contributed by atoms with Crippen molar-refractivity contribution in [2.24, 2.45) is 5.92 Å². The molecule has 2 rings (SSSR count). The van der Waals surface area contributed by atoms with E-state index in [-0.39, 0.29) is 17.8 Å². The maximum atomic E-state index is 12.4. The predicted molar refractivity (Wildman–Crippen MR) is 80.7 cm³/mol. The number of ether oxygens (including phenoxy) is 1. The molecule has 21 heavy (non-hydrogen) atoms. The molecule has 1 saturated carbocycles. The second kappa shape index (κ2) is 7.25. The van der Waals surface area contributed by atoms with Gasteiger partial charge in [-0.05, 0) is 24.8 Å². The molecule has 114 valence electrons. The Labute approximate surface area is 126 Å². The van der Waals surface area contributed by atoms with E-state index in [0.29, 0.717) is 19.0 Å². The van der Waals surface area contributed by atoms with Crippen LogP contribution in [0.4, 0.5) is 0 Å². The van der Waals surface area contributed by atoms with E-state index < -0.39 is 0 Å². The third kappa shape index (κ3) is 4.59. The molecule has 0 saturated heterocycles. The van der Waals surface area contributed by atoms with Crippen molar-refractivity contribution in [3.05, 3.63) is 35.9 Å². The Balaban J connectivity index is 1.89. The zero-order chi connectivity index (χ0) is 15.2. The first-order valence-corrected chi connectivity index (χ1v) is 7.53. The molecule has 1 aromatic rings. The van der Waals surface area contributed by atoms with Crippen molar-refractivity contribution in [1.29, 1.82) is 0 Å². The quantitative estimate of drug-likeness (QED) is 0.724. The molecule has 1 unspecified atom stereocenters. The molecule has 1 atom stereocenters. The lowest BCUT2D eigenvalue weighted by atomic mass is 10.1. The molecule has 0 radical (unpaired) electrons. The van der Waals surface area contributed by atoms with Crippen LogP contribution >= 0.6 is 0 Å². The summed E-state index contributed by atoms with van der Waals surface area (Å²) in [6.07, 6.45) is 3.33. The molecule has 0 aliphatic heterocycles. The average molecular weight is 289 g/mol. The number of benzene rings is 1. The van der Waals surface area contributed by atoms with Gasteiger partial charge in [-0.2, -0.15) is 0 Å². The molecule has 0 spiro atoms. The minimum absolute atomic E-state index is 0.136. The Morgan fingerprint density at radius 3 is 2.52 bits per heavy atom. The molecular weight excluding hydrogens is 266 g/mol. The number of carbonyl (C=O) groups excluding carboxylic acids is 2. The standard InChI is InChI=1S/C17H23NO3/c1-13(17(20)21-2)12-18(15-9-10-15)16(19)11-8-14-6-4-3-5-7-14/h3-7,13,15H,8-12H2,1-2H3. The number of hydrogen-bond acceptors (Lipinski definition) is 3. The zero-order valence-electron chi connectivity index (χ0n) is 12.7. The maximum absolute atomic E-state index is 12.4. The first kappa shape index (κ1) is 15.5. The lowest BCUT2D eigenvalue weighted by Crippen LogP contribution is -2.39. The topological polar surface area (TPSA) is 46.6 Å². The summed E-state index contributed by atoms with van der Waals surface area (Å²) in [6, 6.07) is 10.3. The third-order valence-electron chi connectivity index (χ3n) is 3.85. The van der Waals surface area contributed by atoms with Crippen LogP contribution in [0, 0.1) is 5.92 Å². The summed E-state index contributed by atoms with van der Waals surface area (Å²) in [5, 5.41) is 0. The minimum atomic E-state index is -0.267. The highest BCUT2D eigenvalue weighted by Gasteiger charge is 2.34. The number of aryl methyl sites for hydroxylation is 1. The number of amides is 1. The van der Waals surface area contributed by atoms with E-state index in [0.717, 1.165) is 19.3 Å². The molecule has 1 aromatic carbocycles. The summed E-state index contributed by atoms with van der Waals surface area (Å²) in [4.78, 5) is 25.8. The number of methoxy groups -OCH3 is 1. The van der Waals surface area contributed by atoms with E-state index in [2.05, 4.69) is 0 Å². The zero-order valence-corrected chi connectivity index (χ0v) is 12.7. The molecule has 0 aromatic heterocycles. The second-order valence-corrected chi connectivity index (χ2v) is 5.69. The van der Waals surface area contributed by atoms with Crippen LogP contribution in [0.25, 0.3) is 0 Å². The van der Waals surface area contributed by atoms with Gasteiger partial charge in [0.15, 0.2) is 0 Å². The highest BCUT2D eigenvalue weighted by atomic mass is 16.5. The third-order valence-corrected chi connectivity index (χ3v) is 3.85. The normalized spacial score (nSPS) is 15.3. The van der Waals surface area contributed by atoms with Crippen LogP contribution in [0.15, 0.2) is 30.3 Å². The van der Waals surface area contributed by atoms with Gasteiger partial charge in [-0.15, -0.1) is 0 Å². The van der Waals surface area contributed by atoms with Crippen molar-refractivity contribution >= 4 is 11.9 Å². The second-order valence-electron chi connectivity index (χ2n) is 5.69. The van der Waals surface area contributed by atoms with Crippen LogP contribution in [-0.4, -0.2) is 36.5 Å². The van der Waals surface area contributed by atoms with Gasteiger partial charge in [0.1, 0.15) is 0 Å². The van der Waals surface area contributed by atoms with E-state index in [1.54, 1.807) is 0 Å². The van der Waals surface area contributed by atoms with E-state index in [9.17, 15) is 9.59 Å². The molecule has 4 nitrogen and oxygen atoms in total. The van der Waals surface area contributed by atoms with Crippen molar-refractivity contribution < 1.29 is 14.3 Å². The molecule has 4 heteroatoms. The van der Waals surface area contributed by atoms with E-state index >= 15 is 0 Å². The fraction of sp³-hybridized carbons (Fsp3) is 0.529. The monoisotopic (exact) mass is 289 g/mol. The van der Waals surface area contributed by atoms with E-state index in [4.69, 9.17) is 4.74 Å². The highest BCUT2D eigenvalue weighted by Crippen LogP contribution is 2.28. The minimum Gasteiger partial charge on any atom is -0.469 e. The predicted octanol–water partition coefficient (Wildman–Crippen LogP) is 2.42. The highest BCUT2D eigenvalue weighted by molar-refractivity contribution is 5.78. The number of rotatable bonds is 7. The van der Waals surface area contributed by atoms with Gasteiger partial charge in [0.25, 0.3) is 0 Å². The molecule has 0 bridgehead atoms. The molecule has 1 aliphatic rings. The van der Waals surface area contributed by atoms with Crippen molar-refractivity contribution in [3.63, 3.8) is 0 Å². The molecule has 1 fully saturated rings. The molecular formula is C17H23NO3. The van der Waals surface area contributed by atoms with Gasteiger partial charge in [0, 0.05) is 19.0 Å². The maximum Gasteiger partial charge on any atom is 0.310 e. The lowest BCUT2D eigenvalue weighted by Gasteiger charge is -2.25. The molecule has 0 heterocycles. The van der Waals surface area contributed by atoms with Crippen LogP contribution in [0.3, 0.4) is 0 Å². The van der Waals surface area contributed by atoms with Crippen LogP contribution < -0.4 is 0 Å². The van der Waals surface area contributed by atoms with Crippen molar-refractivity contribution in [2.75, 3.05) is 13.7 Å². The molecule has 1 amide bonds. The summed E-state index contributed by atoms with van der Waals surface area (Å²) in [7, 11) is 1.39. The van der Waals surface area contributed by atoms with Gasteiger partial charge >= 0.3 is 5.97 Å². The number of carbonyl (C=O) groups is 2. The van der Waals surface area contributed by atoms with Gasteiger partial charge in [-0.1, -0.05) is 37.3 Å². The Bertz CT molecular complexity index is 482. The van der Waals surface area contributed by atoms with Crippen molar-refractivity contribution in [1.82, 2.24) is 4.90 Å². The Kier molecular flexibility index (Phi) is 5.37. The summed E-state index contributed by atoms with van der Waals surface area (Å²) >= 11 is 0. The summed E-state index contributed by atoms with van der Waals surface area (Å²) in [5.41, 5.74) is 1.17. The Morgan fingerprint density at radius 1 is 1.29 bits per heavy atom. The van der Waals surface area contributed by atoms with Crippen LogP contribution in [0.5, 0.6) is 0 Å². The van der Waals surface area contributed by atoms with Crippen LogP contribution in [0.2, 0.25) is 0 Å². The molecule has 0 N–H and O–H groups in total. The van der Waals surface area contributed by atoms with Gasteiger partial charge in [-0.3, -0.25) is 9.59 Å². The number of nitrogens with zero attached hydrogens (tertiary/aromatic N) is 1. The van der Waals surface area contributed by atoms with Gasteiger partial charge in [0.2, 0.25) is 5.91 Å². The van der Waals surface area contributed by atoms with Gasteiger partial charge in [-0.25, -0.2) is 0 Å². The Morgan fingerprint density at radius 2 is 1.95 bits per heavy atom. The van der Waals surface area contributed by atoms with Gasteiger partial charge < -0.3 is 9.64 Å². The number of hydrogen-bond donors (Lipinski definition) is 0. The van der Waals surface area contributed by atoms with Crippen LogP contribution in [-0.2, 0) is 20.7 Å². The van der Waals surface area contributed by atoms with E-state index in [1.807, 2.05) is 42.2 Å². The first-order valence-electron chi connectivity index (χ1n) is 7.53. The Hall–Kier alpha value is -1.84. The average Bonchev–Trinajstić information content (AvgIpc) is 3.34. The van der Waals surface area contributed by atoms with Gasteiger partial charge in [0.05, 0.1) is 13.0 Å². The summed E-state index contributed by atoms with van der Waals surface area (Å²) in [5.74, 6) is -0.384. The summed E-state index contributed by atoms with van der Waals surface area (Å²) < 4.78 is 4.75. The van der Waals surface area contributed by atoms with Crippen molar-refractivity contribution in [3.8, 4) is 0 Å². The van der Waals surface area contributed by atoms with Crippen molar-refractivity contribution in [2.45, 2.75) is 38.6 Å². The fourth-order valence-electron chi connectivity index (χ4n) is 2.45. The fourth-order valence-corrected chi connectivity index (χ4v) is 2.45. The summed E-state index contributed by atoms with van der Waals surface area (Å²) in [6.45, 7) is 2.27. The largest absolute Gasteiger partial charge is 0.469 e. The SMILES string of the molecule is COC(=O)C(C)CN(C(=O)CCc1ccccc1)C1CC1. The smallest absolute Gasteiger partial charge is 0.310 e. The first-order chi connectivity index (χ1) is 10.1. The molecule has 1 aliphatic carbocycles.